The number of aryl methyl sites for hydroxylation is 2. The van der Waals surface area contributed by atoms with E-state index < -0.39 is 0 Å². The highest BCUT2D eigenvalue weighted by atomic mass is 32.1. The third kappa shape index (κ3) is 4.51. The molecule has 4 bridgehead atoms. The molecule has 0 radical (unpaired) electrons. The van der Waals surface area contributed by atoms with Crippen LogP contribution in [0.5, 0.6) is 0 Å². The molecule has 0 saturated heterocycles. The summed E-state index contributed by atoms with van der Waals surface area (Å²) in [4.78, 5) is 30.7. The molecule has 4 fully saturated rings. The molecule has 0 spiro atoms. The third-order valence-corrected chi connectivity index (χ3v) is 8.82. The van der Waals surface area contributed by atoms with Crippen LogP contribution in [0.25, 0.3) is 0 Å². The van der Waals surface area contributed by atoms with Crippen LogP contribution in [-0.2, 0) is 24.1 Å². The Bertz CT molecular complexity index is 746. The van der Waals surface area contributed by atoms with Gasteiger partial charge in [-0.25, -0.2) is 9.78 Å². The van der Waals surface area contributed by atoms with Crippen molar-refractivity contribution in [2.75, 3.05) is 13.1 Å². The zero-order chi connectivity index (χ0) is 20.6. The Morgan fingerprint density at radius 2 is 1.67 bits per heavy atom. The maximum Gasteiger partial charge on any atom is 0.315 e. The van der Waals surface area contributed by atoms with Crippen LogP contribution in [0.4, 0.5) is 4.79 Å². The van der Waals surface area contributed by atoms with Crippen molar-refractivity contribution in [1.82, 2.24) is 20.9 Å². The summed E-state index contributed by atoms with van der Waals surface area (Å²) in [7, 11) is 0. The zero-order valence-corrected chi connectivity index (χ0v) is 18.6. The Labute approximate surface area is 183 Å². The fourth-order valence-electron chi connectivity index (χ4n) is 6.75. The predicted molar refractivity (Wildman–Crippen MR) is 118 cm³/mol. The fourth-order valence-corrected chi connectivity index (χ4v) is 7.90. The number of carbonyl (C=O) groups is 2. The van der Waals surface area contributed by atoms with Crippen molar-refractivity contribution in [1.29, 1.82) is 0 Å². The summed E-state index contributed by atoms with van der Waals surface area (Å²) in [5, 5.41) is 10.3. The number of rotatable bonds is 7. The van der Waals surface area contributed by atoms with Crippen LogP contribution in [0, 0.1) is 17.8 Å². The van der Waals surface area contributed by atoms with Crippen LogP contribution in [0.2, 0.25) is 0 Å². The monoisotopic (exact) mass is 430 g/mol. The third-order valence-electron chi connectivity index (χ3n) is 7.61. The smallest absolute Gasteiger partial charge is 0.315 e. The molecule has 1 aromatic rings. The van der Waals surface area contributed by atoms with Crippen molar-refractivity contribution in [2.24, 2.45) is 17.8 Å². The molecule has 0 aromatic carbocycles. The fraction of sp³-hybridized carbons (Fsp3) is 0.783. The molecule has 1 aromatic heterocycles. The summed E-state index contributed by atoms with van der Waals surface area (Å²) in [6.45, 7) is 1.00. The van der Waals surface area contributed by atoms with Crippen molar-refractivity contribution in [2.45, 2.75) is 82.6 Å². The van der Waals surface area contributed by atoms with E-state index in [1.54, 1.807) is 0 Å². The van der Waals surface area contributed by atoms with Crippen LogP contribution < -0.4 is 16.0 Å². The minimum Gasteiger partial charge on any atom is -0.356 e. The molecule has 7 heteroatoms. The Hall–Kier alpha value is -1.63. The van der Waals surface area contributed by atoms with E-state index in [0.717, 1.165) is 61.3 Å². The van der Waals surface area contributed by atoms with Gasteiger partial charge in [0.2, 0.25) is 5.91 Å². The average Bonchev–Trinajstić information content (AvgIpc) is 3.09. The Balaban J connectivity index is 0.992. The molecule has 0 unspecified atom stereocenters. The van der Waals surface area contributed by atoms with E-state index in [1.807, 2.05) is 11.3 Å². The normalized spacial score (nSPS) is 31.3. The lowest BCUT2D eigenvalue weighted by Crippen LogP contribution is -2.61. The first kappa shape index (κ1) is 20.3. The van der Waals surface area contributed by atoms with Crippen LogP contribution in [0.3, 0.4) is 0 Å². The summed E-state index contributed by atoms with van der Waals surface area (Å²) < 4.78 is 0. The molecule has 3 amide bonds. The van der Waals surface area contributed by atoms with Gasteiger partial charge in [0.25, 0.3) is 0 Å². The minimum absolute atomic E-state index is 0.00794. The van der Waals surface area contributed by atoms with Crippen molar-refractivity contribution in [3.05, 3.63) is 15.6 Å². The second kappa shape index (κ2) is 8.48. The molecule has 0 atom stereocenters. The lowest BCUT2D eigenvalue weighted by molar-refractivity contribution is -0.120. The molecule has 4 saturated carbocycles. The van der Waals surface area contributed by atoms with Crippen LogP contribution in [0.15, 0.2) is 0 Å². The van der Waals surface area contributed by atoms with E-state index in [9.17, 15) is 9.59 Å². The van der Waals surface area contributed by atoms with E-state index >= 15 is 0 Å². The van der Waals surface area contributed by atoms with E-state index in [-0.39, 0.29) is 17.5 Å². The SMILES string of the molecule is O=C(CCNC(=O)NC12CC3CC(CC(C3)C1)C2)NCCc1nc2c(s1)CCCC2. The number of carbonyl (C=O) groups excluding carboxylic acids is 2. The lowest BCUT2D eigenvalue weighted by atomic mass is 9.53. The van der Waals surface area contributed by atoms with Crippen molar-refractivity contribution >= 4 is 23.3 Å². The number of amides is 3. The van der Waals surface area contributed by atoms with Gasteiger partial charge in [0.15, 0.2) is 0 Å². The van der Waals surface area contributed by atoms with Gasteiger partial charge in [-0.3, -0.25) is 4.79 Å². The molecule has 30 heavy (non-hydrogen) atoms. The maximum atomic E-state index is 12.4. The van der Waals surface area contributed by atoms with Crippen molar-refractivity contribution in [3.63, 3.8) is 0 Å². The van der Waals surface area contributed by atoms with Crippen molar-refractivity contribution < 1.29 is 9.59 Å². The minimum atomic E-state index is -0.0990. The van der Waals surface area contributed by atoms with Crippen LogP contribution in [0.1, 0.15) is 73.4 Å². The van der Waals surface area contributed by atoms with E-state index in [0.29, 0.717) is 19.5 Å². The standard InChI is InChI=1S/C23H34N4O2S/c28-20(24-8-6-21-26-18-3-1-2-4-19(18)30-21)5-7-25-22(29)27-23-12-15-9-16(13-23)11-17(10-15)14-23/h15-17H,1-14H2,(H,24,28)(H2,25,27,29). The van der Waals surface area contributed by atoms with Gasteiger partial charge in [-0.1, -0.05) is 0 Å². The van der Waals surface area contributed by atoms with Gasteiger partial charge in [-0.15, -0.1) is 11.3 Å². The first-order valence-electron chi connectivity index (χ1n) is 11.9. The van der Waals surface area contributed by atoms with E-state index in [2.05, 4.69) is 16.0 Å². The van der Waals surface area contributed by atoms with Crippen LogP contribution >= 0.6 is 11.3 Å². The van der Waals surface area contributed by atoms with Gasteiger partial charge in [-0.05, 0) is 82.0 Å². The highest BCUT2D eigenvalue weighted by Crippen LogP contribution is 2.55. The molecule has 5 aliphatic rings. The number of fused-ring (bicyclic) bond motifs is 1. The first-order chi connectivity index (χ1) is 14.6. The number of hydrogen-bond acceptors (Lipinski definition) is 4. The Morgan fingerprint density at radius 1 is 0.967 bits per heavy atom. The molecule has 1 heterocycles. The highest BCUT2D eigenvalue weighted by molar-refractivity contribution is 7.11. The molecule has 5 aliphatic carbocycles. The summed E-state index contributed by atoms with van der Waals surface area (Å²) >= 11 is 1.81. The molecule has 6 nitrogen and oxygen atoms in total. The van der Waals surface area contributed by atoms with E-state index in [1.165, 1.54) is 42.7 Å². The Kier molecular flexibility index (Phi) is 5.73. The van der Waals surface area contributed by atoms with Gasteiger partial charge in [0.05, 0.1) is 10.7 Å². The molecular formula is C23H34N4O2S. The van der Waals surface area contributed by atoms with Gasteiger partial charge in [0, 0.05) is 36.3 Å². The molecular weight excluding hydrogens is 396 g/mol. The average molecular weight is 431 g/mol. The number of nitrogens with zero attached hydrogens (tertiary/aromatic N) is 1. The summed E-state index contributed by atoms with van der Waals surface area (Å²) in [6, 6.07) is -0.0990. The van der Waals surface area contributed by atoms with Gasteiger partial charge >= 0.3 is 6.03 Å². The quantitative estimate of drug-likeness (QED) is 0.620. The first-order valence-corrected chi connectivity index (χ1v) is 12.7. The largest absolute Gasteiger partial charge is 0.356 e. The zero-order valence-electron chi connectivity index (χ0n) is 17.8. The topological polar surface area (TPSA) is 83.1 Å². The number of hydrogen-bond donors (Lipinski definition) is 3. The molecule has 3 N–H and O–H groups in total. The summed E-state index contributed by atoms with van der Waals surface area (Å²) in [6.07, 6.45) is 13.4. The van der Waals surface area contributed by atoms with Gasteiger partial charge < -0.3 is 16.0 Å². The predicted octanol–water partition coefficient (Wildman–Crippen LogP) is 3.34. The summed E-state index contributed by atoms with van der Waals surface area (Å²) in [5.41, 5.74) is 1.30. The summed E-state index contributed by atoms with van der Waals surface area (Å²) in [5.74, 6) is 2.42. The number of thiazole rings is 1. The second-order valence-corrected chi connectivity index (χ2v) is 11.3. The number of nitrogens with one attached hydrogen (secondary N) is 3. The van der Waals surface area contributed by atoms with Gasteiger partial charge in [0.1, 0.15) is 0 Å². The Morgan fingerprint density at radius 3 is 2.37 bits per heavy atom. The van der Waals surface area contributed by atoms with E-state index in [4.69, 9.17) is 4.98 Å². The maximum absolute atomic E-state index is 12.4. The van der Waals surface area contributed by atoms with Crippen molar-refractivity contribution in [3.8, 4) is 0 Å². The molecule has 0 aliphatic heterocycles. The van der Waals surface area contributed by atoms with Gasteiger partial charge in [-0.2, -0.15) is 0 Å². The lowest BCUT2D eigenvalue weighted by Gasteiger charge is -2.56. The number of aromatic nitrogens is 1. The second-order valence-electron chi connectivity index (χ2n) is 10.1. The number of urea groups is 1. The highest BCUT2D eigenvalue weighted by Gasteiger charge is 2.51. The molecule has 6 rings (SSSR count). The molecule has 164 valence electrons. The van der Waals surface area contributed by atoms with Crippen LogP contribution in [-0.4, -0.2) is 35.6 Å².